The molecule has 8 nitrogen and oxygen atoms in total. The van der Waals surface area contributed by atoms with Gasteiger partial charge in [0.15, 0.2) is 15.5 Å². The van der Waals surface area contributed by atoms with Gasteiger partial charge in [0.25, 0.3) is 0 Å². The minimum Gasteiger partial charge on any atom is -0.352 e. The van der Waals surface area contributed by atoms with Crippen molar-refractivity contribution in [3.05, 3.63) is 60.0 Å². The van der Waals surface area contributed by atoms with Crippen molar-refractivity contribution < 1.29 is 21.6 Å². The van der Waals surface area contributed by atoms with Gasteiger partial charge in [-0.25, -0.2) is 23.4 Å². The minimum absolute atomic E-state index is 0.108. The van der Waals surface area contributed by atoms with Crippen LogP contribution in [-0.4, -0.2) is 34.6 Å². The summed E-state index contributed by atoms with van der Waals surface area (Å²) in [5, 5.41) is 5.94. The molecule has 0 amide bonds. The summed E-state index contributed by atoms with van der Waals surface area (Å²) in [6, 6.07) is 10.1. The fourth-order valence-corrected chi connectivity index (χ4v) is 3.91. The summed E-state index contributed by atoms with van der Waals surface area (Å²) >= 11 is 0. The number of rotatable bonds is 5. The first kappa shape index (κ1) is 21.6. The summed E-state index contributed by atoms with van der Waals surface area (Å²) < 4.78 is 62.6. The van der Waals surface area contributed by atoms with Crippen LogP contribution in [0.2, 0.25) is 0 Å². The van der Waals surface area contributed by atoms with Crippen LogP contribution in [0.5, 0.6) is 0 Å². The number of nitrogens with zero attached hydrogens (tertiary/aromatic N) is 3. The molecule has 0 saturated heterocycles. The maximum Gasteiger partial charge on any atom is 0.417 e. The molecule has 4 rings (SSSR count). The molecule has 0 atom stereocenters. The number of sulfone groups is 1. The monoisotopic (exact) mass is 462 g/mol. The average Bonchev–Trinajstić information content (AvgIpc) is 3.08. The van der Waals surface area contributed by atoms with Crippen LogP contribution in [0.1, 0.15) is 11.4 Å². The number of H-pyrrole nitrogens is 1. The van der Waals surface area contributed by atoms with Crippen molar-refractivity contribution in [3.8, 4) is 0 Å². The Morgan fingerprint density at radius 2 is 1.72 bits per heavy atom. The molecule has 0 bridgehead atoms. The van der Waals surface area contributed by atoms with Gasteiger partial charge in [-0.3, -0.25) is 0 Å². The Balaban J connectivity index is 1.73. The number of aromatic nitrogens is 4. The summed E-state index contributed by atoms with van der Waals surface area (Å²) in [5.74, 6) is 1.01. The quantitative estimate of drug-likeness (QED) is 0.398. The van der Waals surface area contributed by atoms with Gasteiger partial charge in [0.1, 0.15) is 23.0 Å². The molecule has 1 aromatic carbocycles. The molecule has 4 aromatic rings. The Bertz CT molecular complexity index is 1400. The normalized spacial score (nSPS) is 12.2. The second-order valence-electron chi connectivity index (χ2n) is 7.02. The Morgan fingerprint density at radius 3 is 2.38 bits per heavy atom. The van der Waals surface area contributed by atoms with E-state index in [2.05, 4.69) is 30.6 Å². The number of imidazole rings is 1. The van der Waals surface area contributed by atoms with Crippen LogP contribution in [0.3, 0.4) is 0 Å². The number of hydrogen-bond donors (Lipinski definition) is 3. The lowest BCUT2D eigenvalue weighted by molar-refractivity contribution is -0.137. The second kappa shape index (κ2) is 7.79. The van der Waals surface area contributed by atoms with E-state index in [1.165, 1.54) is 12.1 Å². The zero-order chi connectivity index (χ0) is 23.1. The zero-order valence-corrected chi connectivity index (χ0v) is 17.6. The fraction of sp³-hybridized carbons (Fsp3) is 0.150. The molecule has 3 aromatic heterocycles. The summed E-state index contributed by atoms with van der Waals surface area (Å²) in [4.78, 5) is 15.7. The van der Waals surface area contributed by atoms with E-state index in [-0.39, 0.29) is 16.5 Å². The Hall–Kier alpha value is -3.67. The van der Waals surface area contributed by atoms with Crippen LogP contribution < -0.4 is 10.6 Å². The molecule has 166 valence electrons. The van der Waals surface area contributed by atoms with E-state index in [9.17, 15) is 21.6 Å². The van der Waals surface area contributed by atoms with E-state index in [0.29, 0.717) is 28.4 Å². The number of halogens is 3. The Labute approximate surface area is 180 Å². The molecule has 0 spiro atoms. The molecule has 0 aliphatic heterocycles. The van der Waals surface area contributed by atoms with Crippen molar-refractivity contribution in [2.24, 2.45) is 0 Å². The van der Waals surface area contributed by atoms with Gasteiger partial charge >= 0.3 is 6.18 Å². The summed E-state index contributed by atoms with van der Waals surface area (Å²) in [6.45, 7) is 1.74. The molecule has 0 fully saturated rings. The highest BCUT2D eigenvalue weighted by Crippen LogP contribution is 2.32. The highest BCUT2D eigenvalue weighted by Gasteiger charge is 2.30. The lowest BCUT2D eigenvalue weighted by Crippen LogP contribution is -2.06. The lowest BCUT2D eigenvalue weighted by Gasteiger charge is -2.13. The van der Waals surface area contributed by atoms with Gasteiger partial charge in [-0.2, -0.15) is 13.2 Å². The Kier molecular flexibility index (Phi) is 5.25. The third-order valence-corrected chi connectivity index (χ3v) is 5.63. The number of fused-ring (bicyclic) bond motifs is 1. The molecule has 0 aliphatic rings. The van der Waals surface area contributed by atoms with Crippen molar-refractivity contribution in [3.63, 3.8) is 0 Å². The predicted molar refractivity (Wildman–Crippen MR) is 114 cm³/mol. The molecule has 3 heterocycles. The van der Waals surface area contributed by atoms with Gasteiger partial charge in [-0.05, 0) is 31.2 Å². The SMILES string of the molecule is Cc1nc2c(Nc3ccccc3S(C)(=O)=O)cc(Nc3ccc(C(F)(F)F)cn3)nc2[nH]1. The molecular formula is C20H17F3N6O2S. The van der Waals surface area contributed by atoms with Gasteiger partial charge < -0.3 is 15.6 Å². The van der Waals surface area contributed by atoms with E-state index in [0.717, 1.165) is 18.5 Å². The van der Waals surface area contributed by atoms with Crippen LogP contribution >= 0.6 is 0 Å². The van der Waals surface area contributed by atoms with E-state index >= 15 is 0 Å². The van der Waals surface area contributed by atoms with Crippen LogP contribution in [-0.2, 0) is 16.0 Å². The van der Waals surface area contributed by atoms with Crippen LogP contribution in [0.4, 0.5) is 36.2 Å². The third-order valence-electron chi connectivity index (χ3n) is 4.47. The third kappa shape index (κ3) is 4.49. The van der Waals surface area contributed by atoms with Crippen LogP contribution in [0.15, 0.2) is 53.6 Å². The highest BCUT2D eigenvalue weighted by atomic mass is 32.2. The van der Waals surface area contributed by atoms with E-state index in [1.807, 2.05) is 0 Å². The van der Waals surface area contributed by atoms with Gasteiger partial charge in [0, 0.05) is 18.5 Å². The van der Waals surface area contributed by atoms with Crippen molar-refractivity contribution in [1.82, 2.24) is 19.9 Å². The first-order valence-electron chi connectivity index (χ1n) is 9.24. The van der Waals surface area contributed by atoms with Crippen LogP contribution in [0.25, 0.3) is 11.2 Å². The molecule has 32 heavy (non-hydrogen) atoms. The molecule has 3 N–H and O–H groups in total. The van der Waals surface area contributed by atoms with E-state index < -0.39 is 21.6 Å². The van der Waals surface area contributed by atoms with E-state index in [1.54, 1.807) is 31.2 Å². The number of aromatic amines is 1. The number of benzene rings is 1. The number of aryl methyl sites for hydroxylation is 1. The number of alkyl halides is 3. The molecule has 0 saturated carbocycles. The van der Waals surface area contributed by atoms with Gasteiger partial charge in [-0.15, -0.1) is 0 Å². The molecule has 0 radical (unpaired) electrons. The van der Waals surface area contributed by atoms with Gasteiger partial charge in [0.2, 0.25) is 0 Å². The first-order chi connectivity index (χ1) is 15.0. The summed E-state index contributed by atoms with van der Waals surface area (Å²) in [7, 11) is -3.50. The van der Waals surface area contributed by atoms with Gasteiger partial charge in [-0.1, -0.05) is 12.1 Å². The summed E-state index contributed by atoms with van der Waals surface area (Å²) in [6.07, 6.45) is -2.65. The lowest BCUT2D eigenvalue weighted by atomic mass is 10.2. The second-order valence-corrected chi connectivity index (χ2v) is 9.01. The molecule has 0 unspecified atom stereocenters. The molecule has 0 aliphatic carbocycles. The molecule has 12 heteroatoms. The number of anilines is 4. The standard InChI is InChI=1S/C20H17F3N6O2S/c1-11-25-18-14(27-13-5-3-4-6-15(13)32(2,30)31)9-17(29-19(18)26-11)28-16-8-7-12(10-24-16)20(21,22)23/h3-10H,1-2H3,(H3,24,25,26,27,28,29). The number of para-hydroxylation sites is 1. The Morgan fingerprint density at radius 1 is 0.969 bits per heavy atom. The zero-order valence-electron chi connectivity index (χ0n) is 16.8. The topological polar surface area (TPSA) is 113 Å². The maximum absolute atomic E-state index is 12.8. The number of hydrogen-bond acceptors (Lipinski definition) is 7. The van der Waals surface area contributed by atoms with Crippen molar-refractivity contribution in [2.75, 3.05) is 16.9 Å². The van der Waals surface area contributed by atoms with Crippen LogP contribution in [0, 0.1) is 6.92 Å². The summed E-state index contributed by atoms with van der Waals surface area (Å²) in [5.41, 5.74) is 0.803. The average molecular weight is 462 g/mol. The predicted octanol–water partition coefficient (Wildman–Crippen LogP) is 4.57. The molecular weight excluding hydrogens is 445 g/mol. The van der Waals surface area contributed by atoms with Crippen molar-refractivity contribution in [1.29, 1.82) is 0 Å². The fourth-order valence-electron chi connectivity index (χ4n) is 3.07. The van der Waals surface area contributed by atoms with Gasteiger partial charge in [0.05, 0.1) is 21.8 Å². The first-order valence-corrected chi connectivity index (χ1v) is 11.1. The highest BCUT2D eigenvalue weighted by molar-refractivity contribution is 7.90. The number of pyridine rings is 2. The largest absolute Gasteiger partial charge is 0.417 e. The number of nitrogens with one attached hydrogen (secondary N) is 3. The van der Waals surface area contributed by atoms with Crippen molar-refractivity contribution >= 4 is 44.0 Å². The van der Waals surface area contributed by atoms with Crippen molar-refractivity contribution in [2.45, 2.75) is 18.0 Å². The van der Waals surface area contributed by atoms with E-state index in [4.69, 9.17) is 0 Å². The minimum atomic E-state index is -4.49. The maximum atomic E-state index is 12.8. The smallest absolute Gasteiger partial charge is 0.352 e.